The fourth-order valence-corrected chi connectivity index (χ4v) is 4.77. The van der Waals surface area contributed by atoms with Crippen molar-refractivity contribution < 1.29 is 14.3 Å². The topological polar surface area (TPSA) is 61.3 Å². The predicted octanol–water partition coefficient (Wildman–Crippen LogP) is 10.2. The van der Waals surface area contributed by atoms with Crippen LogP contribution < -0.4 is 4.74 Å². The molecular formula is C34H54N2O3. The SMILES string of the molecule is CCCCCCCCCCCC(=O)OC(C)c1ccc(-c2ncc(OCCCCCCCCCC)cn2)cc1. The zero-order valence-corrected chi connectivity index (χ0v) is 25.1. The second kappa shape index (κ2) is 21.4. The van der Waals surface area contributed by atoms with Crippen LogP contribution in [0.25, 0.3) is 11.4 Å². The van der Waals surface area contributed by atoms with E-state index in [1.54, 1.807) is 12.4 Å². The molecule has 0 amide bonds. The van der Waals surface area contributed by atoms with Crippen LogP contribution in [0.4, 0.5) is 0 Å². The first-order valence-corrected chi connectivity index (χ1v) is 15.9. The molecule has 1 aromatic carbocycles. The smallest absolute Gasteiger partial charge is 0.306 e. The molecule has 0 aliphatic heterocycles. The number of ether oxygens (including phenoxy) is 2. The number of benzene rings is 1. The van der Waals surface area contributed by atoms with Crippen LogP contribution in [0, 0.1) is 0 Å². The van der Waals surface area contributed by atoms with E-state index in [1.807, 2.05) is 31.2 Å². The van der Waals surface area contributed by atoms with Gasteiger partial charge in [0.15, 0.2) is 11.6 Å². The molecule has 0 fully saturated rings. The number of carbonyl (C=O) groups excluding carboxylic acids is 1. The molecule has 0 N–H and O–H groups in total. The third-order valence-corrected chi connectivity index (χ3v) is 7.33. The maximum atomic E-state index is 12.3. The lowest BCUT2D eigenvalue weighted by Crippen LogP contribution is -2.08. The Balaban J connectivity index is 1.62. The molecule has 39 heavy (non-hydrogen) atoms. The molecule has 0 aliphatic carbocycles. The van der Waals surface area contributed by atoms with Crippen LogP contribution in [0.5, 0.6) is 5.75 Å². The van der Waals surface area contributed by atoms with Gasteiger partial charge in [0.25, 0.3) is 0 Å². The molecule has 0 saturated carbocycles. The molecule has 0 saturated heterocycles. The first-order valence-electron chi connectivity index (χ1n) is 15.9. The molecule has 1 heterocycles. The predicted molar refractivity (Wildman–Crippen MR) is 162 cm³/mol. The highest BCUT2D eigenvalue weighted by atomic mass is 16.5. The zero-order valence-electron chi connectivity index (χ0n) is 25.1. The van der Waals surface area contributed by atoms with Gasteiger partial charge in [-0.15, -0.1) is 0 Å². The Hall–Kier alpha value is -2.43. The van der Waals surface area contributed by atoms with Crippen molar-refractivity contribution in [1.82, 2.24) is 9.97 Å². The lowest BCUT2D eigenvalue weighted by Gasteiger charge is -2.14. The van der Waals surface area contributed by atoms with Gasteiger partial charge in [-0.05, 0) is 25.3 Å². The monoisotopic (exact) mass is 538 g/mol. The van der Waals surface area contributed by atoms with Gasteiger partial charge in [0.05, 0.1) is 19.0 Å². The highest BCUT2D eigenvalue weighted by Gasteiger charge is 2.12. The minimum absolute atomic E-state index is 0.111. The molecule has 0 bridgehead atoms. The van der Waals surface area contributed by atoms with E-state index in [1.165, 1.54) is 89.9 Å². The summed E-state index contributed by atoms with van der Waals surface area (Å²) in [6.07, 6.45) is 25.2. The summed E-state index contributed by atoms with van der Waals surface area (Å²) in [6, 6.07) is 7.94. The number of unbranched alkanes of at least 4 members (excludes halogenated alkanes) is 15. The van der Waals surface area contributed by atoms with Crippen molar-refractivity contribution in [3.05, 3.63) is 42.2 Å². The Morgan fingerprint density at radius 1 is 0.692 bits per heavy atom. The van der Waals surface area contributed by atoms with Crippen LogP contribution in [-0.2, 0) is 9.53 Å². The fourth-order valence-electron chi connectivity index (χ4n) is 4.77. The summed E-state index contributed by atoms with van der Waals surface area (Å²) in [6.45, 7) is 7.14. The quantitative estimate of drug-likeness (QED) is 0.104. The third kappa shape index (κ3) is 15.1. The van der Waals surface area contributed by atoms with Crippen molar-refractivity contribution >= 4 is 5.97 Å². The van der Waals surface area contributed by atoms with Crippen molar-refractivity contribution in [3.8, 4) is 17.1 Å². The lowest BCUT2D eigenvalue weighted by atomic mass is 10.1. The largest absolute Gasteiger partial charge is 0.490 e. The number of carbonyl (C=O) groups is 1. The fraction of sp³-hybridized carbons (Fsp3) is 0.676. The van der Waals surface area contributed by atoms with Crippen molar-refractivity contribution in [2.45, 2.75) is 142 Å². The molecule has 2 aromatic rings. The average molecular weight is 539 g/mol. The van der Waals surface area contributed by atoms with Gasteiger partial charge in [0.1, 0.15) is 6.10 Å². The molecule has 0 aliphatic rings. The van der Waals surface area contributed by atoms with E-state index in [-0.39, 0.29) is 12.1 Å². The van der Waals surface area contributed by atoms with Gasteiger partial charge in [-0.25, -0.2) is 9.97 Å². The van der Waals surface area contributed by atoms with Gasteiger partial charge in [-0.3, -0.25) is 4.79 Å². The number of hydrogen-bond donors (Lipinski definition) is 0. The van der Waals surface area contributed by atoms with Gasteiger partial charge < -0.3 is 9.47 Å². The van der Waals surface area contributed by atoms with Crippen LogP contribution in [-0.4, -0.2) is 22.5 Å². The number of esters is 1. The van der Waals surface area contributed by atoms with Gasteiger partial charge in [0.2, 0.25) is 0 Å². The molecule has 1 atom stereocenters. The summed E-state index contributed by atoms with van der Waals surface area (Å²) >= 11 is 0. The summed E-state index contributed by atoms with van der Waals surface area (Å²) in [5.41, 5.74) is 1.91. The van der Waals surface area contributed by atoms with Crippen LogP contribution >= 0.6 is 0 Å². The van der Waals surface area contributed by atoms with Gasteiger partial charge in [-0.1, -0.05) is 134 Å². The Labute approximate surface area is 238 Å². The molecule has 1 aromatic heterocycles. The number of aromatic nitrogens is 2. The minimum atomic E-state index is -0.266. The van der Waals surface area contributed by atoms with Crippen LogP contribution in [0.15, 0.2) is 36.7 Å². The standard InChI is InChI=1S/C34H54N2O3/c1-4-6-8-10-12-14-15-17-19-21-33(37)39-29(3)30-22-24-31(25-23-30)34-35-27-32(28-36-34)38-26-20-18-16-13-11-9-7-5-2/h22-25,27-29H,4-21,26H2,1-3H3. The van der Waals surface area contributed by atoms with Gasteiger partial charge in [-0.2, -0.15) is 0 Å². The molecule has 5 nitrogen and oxygen atoms in total. The molecular weight excluding hydrogens is 484 g/mol. The molecule has 5 heteroatoms. The van der Waals surface area contributed by atoms with Crippen molar-refractivity contribution in [2.24, 2.45) is 0 Å². The van der Waals surface area contributed by atoms with Crippen LogP contribution in [0.1, 0.15) is 148 Å². The van der Waals surface area contributed by atoms with E-state index in [2.05, 4.69) is 23.8 Å². The minimum Gasteiger partial charge on any atom is -0.490 e. The Kier molecular flexibility index (Phi) is 18.0. The molecule has 0 spiro atoms. The van der Waals surface area contributed by atoms with E-state index < -0.39 is 0 Å². The highest BCUT2D eigenvalue weighted by Crippen LogP contribution is 2.23. The molecule has 1 unspecified atom stereocenters. The lowest BCUT2D eigenvalue weighted by molar-refractivity contribution is -0.148. The third-order valence-electron chi connectivity index (χ3n) is 7.33. The first kappa shape index (κ1) is 32.8. The van der Waals surface area contributed by atoms with Gasteiger partial charge in [0, 0.05) is 12.0 Å². The number of rotatable bonds is 23. The molecule has 218 valence electrons. The van der Waals surface area contributed by atoms with E-state index in [9.17, 15) is 4.79 Å². The molecule has 0 radical (unpaired) electrons. The van der Waals surface area contributed by atoms with Crippen LogP contribution in [0.3, 0.4) is 0 Å². The number of nitrogens with zero attached hydrogens (tertiary/aromatic N) is 2. The van der Waals surface area contributed by atoms with Crippen LogP contribution in [0.2, 0.25) is 0 Å². The maximum absolute atomic E-state index is 12.3. The van der Waals surface area contributed by atoms with Crippen molar-refractivity contribution in [2.75, 3.05) is 6.61 Å². The van der Waals surface area contributed by atoms with Crippen molar-refractivity contribution in [3.63, 3.8) is 0 Å². The summed E-state index contributed by atoms with van der Waals surface area (Å²) < 4.78 is 11.5. The van der Waals surface area contributed by atoms with E-state index in [4.69, 9.17) is 9.47 Å². The van der Waals surface area contributed by atoms with E-state index in [0.29, 0.717) is 24.6 Å². The first-order chi connectivity index (χ1) is 19.1. The average Bonchev–Trinajstić information content (AvgIpc) is 2.96. The van der Waals surface area contributed by atoms with E-state index >= 15 is 0 Å². The Bertz CT molecular complexity index is 867. The summed E-state index contributed by atoms with van der Waals surface area (Å²) in [5.74, 6) is 1.27. The molecule has 2 rings (SSSR count). The summed E-state index contributed by atoms with van der Waals surface area (Å²) in [7, 11) is 0. The Morgan fingerprint density at radius 2 is 1.18 bits per heavy atom. The normalized spacial score (nSPS) is 11.9. The number of hydrogen-bond acceptors (Lipinski definition) is 5. The maximum Gasteiger partial charge on any atom is 0.306 e. The van der Waals surface area contributed by atoms with Crippen molar-refractivity contribution in [1.29, 1.82) is 0 Å². The second-order valence-electron chi connectivity index (χ2n) is 10.9. The zero-order chi connectivity index (χ0) is 28.0. The summed E-state index contributed by atoms with van der Waals surface area (Å²) in [4.78, 5) is 21.2. The Morgan fingerprint density at radius 3 is 1.72 bits per heavy atom. The highest BCUT2D eigenvalue weighted by molar-refractivity contribution is 5.69. The van der Waals surface area contributed by atoms with Gasteiger partial charge >= 0.3 is 5.97 Å². The van der Waals surface area contributed by atoms with E-state index in [0.717, 1.165) is 30.4 Å². The summed E-state index contributed by atoms with van der Waals surface area (Å²) in [5, 5.41) is 0. The second-order valence-corrected chi connectivity index (χ2v) is 10.9.